The van der Waals surface area contributed by atoms with E-state index < -0.39 is 17.8 Å². The normalized spacial score (nSPS) is 17.0. The lowest BCUT2D eigenvalue weighted by Crippen LogP contribution is -2.47. The van der Waals surface area contributed by atoms with Gasteiger partial charge in [-0.3, -0.25) is 4.90 Å². The highest BCUT2D eigenvalue weighted by Gasteiger charge is 2.31. The number of nitrogens with zero attached hydrogens (tertiary/aromatic N) is 2. The van der Waals surface area contributed by atoms with Crippen LogP contribution in [0.3, 0.4) is 0 Å². The Hall–Kier alpha value is -1.96. The third-order valence-corrected chi connectivity index (χ3v) is 3.51. The third-order valence-electron chi connectivity index (χ3n) is 3.51. The Labute approximate surface area is 119 Å². The molecule has 1 aromatic rings. The van der Waals surface area contributed by atoms with Gasteiger partial charge < -0.3 is 15.7 Å². The topological polar surface area (TPSA) is 69.8 Å². The molecule has 8 heteroatoms. The van der Waals surface area contributed by atoms with Crippen LogP contribution >= 0.6 is 0 Å². The first-order valence-corrected chi connectivity index (χ1v) is 6.43. The van der Waals surface area contributed by atoms with Crippen molar-refractivity contribution in [1.82, 2.24) is 9.80 Å². The summed E-state index contributed by atoms with van der Waals surface area (Å²) in [6.45, 7) is 2.25. The quantitative estimate of drug-likeness (QED) is 0.821. The molecule has 0 saturated carbocycles. The van der Waals surface area contributed by atoms with Crippen LogP contribution < -0.4 is 5.73 Å². The second-order valence-electron chi connectivity index (χ2n) is 4.96. The van der Waals surface area contributed by atoms with Crippen LogP contribution in [0.2, 0.25) is 0 Å². The Morgan fingerprint density at radius 2 is 1.86 bits per heavy atom. The second-order valence-corrected chi connectivity index (χ2v) is 4.96. The Morgan fingerprint density at radius 1 is 1.24 bits per heavy atom. The maximum atomic E-state index is 12.5. The predicted molar refractivity (Wildman–Crippen MR) is 70.7 cm³/mol. The van der Waals surface area contributed by atoms with Crippen LogP contribution in [-0.2, 0) is 12.7 Å². The molecule has 5 nitrogen and oxygen atoms in total. The number of anilines is 1. The molecule has 0 aliphatic carbocycles. The third kappa shape index (κ3) is 3.78. The number of carboxylic acid groups (broad SMARTS) is 1. The average Bonchev–Trinajstić information content (AvgIpc) is 2.40. The van der Waals surface area contributed by atoms with Crippen molar-refractivity contribution in [2.24, 2.45) is 0 Å². The molecule has 1 aliphatic heterocycles. The van der Waals surface area contributed by atoms with E-state index in [2.05, 4.69) is 0 Å². The van der Waals surface area contributed by atoms with E-state index in [9.17, 15) is 18.0 Å². The van der Waals surface area contributed by atoms with Gasteiger partial charge in [0.2, 0.25) is 0 Å². The highest BCUT2D eigenvalue weighted by Crippen LogP contribution is 2.31. The minimum absolute atomic E-state index is 0.102. The molecular weight excluding hydrogens is 287 g/mol. The number of carbonyl (C=O) groups is 1. The molecule has 1 saturated heterocycles. The summed E-state index contributed by atoms with van der Waals surface area (Å²) in [6.07, 6.45) is -5.36. The zero-order chi connectivity index (χ0) is 15.6. The van der Waals surface area contributed by atoms with Gasteiger partial charge in [-0.25, -0.2) is 4.79 Å². The first kappa shape index (κ1) is 15.4. The number of hydrogen-bond acceptors (Lipinski definition) is 3. The van der Waals surface area contributed by atoms with Gasteiger partial charge in [0, 0.05) is 38.4 Å². The van der Waals surface area contributed by atoms with Gasteiger partial charge in [-0.2, -0.15) is 13.2 Å². The number of amides is 1. The van der Waals surface area contributed by atoms with E-state index in [1.54, 1.807) is 0 Å². The van der Waals surface area contributed by atoms with E-state index in [1.165, 1.54) is 11.0 Å². The fraction of sp³-hybridized carbons (Fsp3) is 0.462. The maximum absolute atomic E-state index is 12.5. The van der Waals surface area contributed by atoms with Gasteiger partial charge in [0.25, 0.3) is 0 Å². The van der Waals surface area contributed by atoms with Crippen LogP contribution in [0.25, 0.3) is 0 Å². The van der Waals surface area contributed by atoms with Gasteiger partial charge in [-0.15, -0.1) is 0 Å². The number of benzene rings is 1. The molecule has 116 valence electrons. The predicted octanol–water partition coefficient (Wildman–Crippen LogP) is 2.08. The molecule has 1 heterocycles. The number of nitrogen functional groups attached to an aromatic ring is 1. The van der Waals surface area contributed by atoms with Crippen molar-refractivity contribution in [2.45, 2.75) is 12.7 Å². The molecule has 0 bridgehead atoms. The number of alkyl halides is 3. The second kappa shape index (κ2) is 5.80. The standard InChI is InChI=1S/C13H16F3N3O2/c14-13(15,16)10-2-1-9(11(17)7-10)8-18-3-5-19(6-4-18)12(20)21/h1-2,7H,3-6,8,17H2,(H,20,21). The van der Waals surface area contributed by atoms with Crippen molar-refractivity contribution in [3.05, 3.63) is 29.3 Å². The summed E-state index contributed by atoms with van der Waals surface area (Å²) in [5, 5.41) is 8.85. The van der Waals surface area contributed by atoms with Crippen LogP contribution in [0.15, 0.2) is 18.2 Å². The number of halogens is 3. The fourth-order valence-corrected chi connectivity index (χ4v) is 2.25. The average molecular weight is 303 g/mol. The maximum Gasteiger partial charge on any atom is 0.416 e. The minimum atomic E-state index is -4.40. The van der Waals surface area contributed by atoms with E-state index in [1.807, 2.05) is 4.90 Å². The van der Waals surface area contributed by atoms with Crippen molar-refractivity contribution >= 4 is 11.8 Å². The van der Waals surface area contributed by atoms with Crippen LogP contribution in [0, 0.1) is 0 Å². The Bertz CT molecular complexity index is 526. The molecule has 0 atom stereocenters. The smallest absolute Gasteiger partial charge is 0.416 e. The minimum Gasteiger partial charge on any atom is -0.465 e. The molecule has 1 aliphatic rings. The molecule has 2 rings (SSSR count). The molecule has 0 spiro atoms. The van der Waals surface area contributed by atoms with Gasteiger partial charge in [0.1, 0.15) is 0 Å². The van der Waals surface area contributed by atoms with Crippen molar-refractivity contribution < 1.29 is 23.1 Å². The fourth-order valence-electron chi connectivity index (χ4n) is 2.25. The van der Waals surface area contributed by atoms with Gasteiger partial charge in [0.15, 0.2) is 0 Å². The van der Waals surface area contributed by atoms with Crippen LogP contribution in [0.1, 0.15) is 11.1 Å². The molecule has 0 aromatic heterocycles. The highest BCUT2D eigenvalue weighted by atomic mass is 19.4. The van der Waals surface area contributed by atoms with Crippen molar-refractivity contribution in [2.75, 3.05) is 31.9 Å². The largest absolute Gasteiger partial charge is 0.465 e. The summed E-state index contributed by atoms with van der Waals surface area (Å²) in [6, 6.07) is 3.32. The van der Waals surface area contributed by atoms with Crippen molar-refractivity contribution in [3.63, 3.8) is 0 Å². The van der Waals surface area contributed by atoms with Crippen molar-refractivity contribution in [3.8, 4) is 0 Å². The molecule has 1 amide bonds. The summed E-state index contributed by atoms with van der Waals surface area (Å²) in [7, 11) is 0. The molecular formula is C13H16F3N3O2. The Morgan fingerprint density at radius 3 is 2.33 bits per heavy atom. The summed E-state index contributed by atoms with van der Waals surface area (Å²) in [5.74, 6) is 0. The van der Waals surface area contributed by atoms with E-state index in [0.717, 1.165) is 12.1 Å². The zero-order valence-electron chi connectivity index (χ0n) is 11.2. The SMILES string of the molecule is Nc1cc(C(F)(F)F)ccc1CN1CCN(C(=O)O)CC1. The number of piperazine rings is 1. The lowest BCUT2D eigenvalue weighted by Gasteiger charge is -2.33. The van der Waals surface area contributed by atoms with Gasteiger partial charge in [0.05, 0.1) is 5.56 Å². The number of rotatable bonds is 2. The monoisotopic (exact) mass is 303 g/mol. The molecule has 1 fully saturated rings. The molecule has 0 unspecified atom stereocenters. The first-order chi connectivity index (χ1) is 9.77. The van der Waals surface area contributed by atoms with E-state index in [-0.39, 0.29) is 5.69 Å². The van der Waals surface area contributed by atoms with E-state index in [0.29, 0.717) is 38.3 Å². The lowest BCUT2D eigenvalue weighted by atomic mass is 10.1. The number of nitrogens with two attached hydrogens (primary N) is 1. The lowest BCUT2D eigenvalue weighted by molar-refractivity contribution is -0.137. The Kier molecular flexibility index (Phi) is 4.26. The van der Waals surface area contributed by atoms with Crippen LogP contribution in [0.5, 0.6) is 0 Å². The molecule has 3 N–H and O–H groups in total. The highest BCUT2D eigenvalue weighted by molar-refractivity contribution is 5.65. The summed E-state index contributed by atoms with van der Waals surface area (Å²) < 4.78 is 37.6. The molecule has 21 heavy (non-hydrogen) atoms. The van der Waals surface area contributed by atoms with E-state index in [4.69, 9.17) is 10.8 Å². The number of hydrogen-bond donors (Lipinski definition) is 2. The summed E-state index contributed by atoms with van der Waals surface area (Å²) >= 11 is 0. The van der Waals surface area contributed by atoms with Gasteiger partial charge in [-0.05, 0) is 17.7 Å². The first-order valence-electron chi connectivity index (χ1n) is 6.43. The van der Waals surface area contributed by atoms with Crippen molar-refractivity contribution in [1.29, 1.82) is 0 Å². The Balaban J connectivity index is 2.00. The zero-order valence-corrected chi connectivity index (χ0v) is 11.2. The molecule has 1 aromatic carbocycles. The van der Waals surface area contributed by atoms with E-state index >= 15 is 0 Å². The van der Waals surface area contributed by atoms with Crippen LogP contribution in [0.4, 0.5) is 23.7 Å². The molecule has 0 radical (unpaired) electrons. The van der Waals surface area contributed by atoms with Gasteiger partial charge >= 0.3 is 12.3 Å². The summed E-state index contributed by atoms with van der Waals surface area (Å²) in [4.78, 5) is 14.1. The summed E-state index contributed by atoms with van der Waals surface area (Å²) in [5.41, 5.74) is 5.63. The van der Waals surface area contributed by atoms with Gasteiger partial charge in [-0.1, -0.05) is 6.07 Å². The van der Waals surface area contributed by atoms with Crippen LogP contribution in [-0.4, -0.2) is 47.2 Å².